The van der Waals surface area contributed by atoms with E-state index < -0.39 is 0 Å². The Hall–Kier alpha value is -0.0800. The van der Waals surface area contributed by atoms with Gasteiger partial charge in [-0.1, -0.05) is 68.0 Å². The summed E-state index contributed by atoms with van der Waals surface area (Å²) in [4.78, 5) is 11.6. The number of rotatable bonds is 33. The second-order valence-corrected chi connectivity index (χ2v) is 9.85. The molecule has 0 aromatic carbocycles. The van der Waals surface area contributed by atoms with E-state index in [1.54, 1.807) is 0 Å². The standard InChI is InChI=1S/C28H55IO9/c1-2-3-4-5-8-11-28(30)38-27-26-37-25-24-36-23-22-35-21-20-34-19-18-33-17-16-32-15-14-31-13-10-7-6-9-12-29/h2-27H2,1H3. The normalized spacial score (nSPS) is 11.3. The summed E-state index contributed by atoms with van der Waals surface area (Å²) >= 11 is 2.42. The summed E-state index contributed by atoms with van der Waals surface area (Å²) in [6, 6.07) is 0. The van der Waals surface area contributed by atoms with Crippen molar-refractivity contribution in [2.75, 3.05) is 104 Å². The van der Waals surface area contributed by atoms with Gasteiger partial charge in [-0.25, -0.2) is 0 Å². The number of ether oxygens (including phenoxy) is 8. The first-order valence-corrected chi connectivity index (χ1v) is 16.1. The maximum atomic E-state index is 11.6. The van der Waals surface area contributed by atoms with E-state index in [4.69, 9.17) is 37.9 Å². The highest BCUT2D eigenvalue weighted by molar-refractivity contribution is 14.1. The van der Waals surface area contributed by atoms with Crippen LogP contribution in [0.2, 0.25) is 0 Å². The van der Waals surface area contributed by atoms with Crippen LogP contribution in [0.4, 0.5) is 0 Å². The zero-order valence-electron chi connectivity index (χ0n) is 23.9. The van der Waals surface area contributed by atoms with Crippen molar-refractivity contribution in [3.63, 3.8) is 0 Å². The molecule has 0 radical (unpaired) electrons. The molecule has 0 fully saturated rings. The average molecular weight is 663 g/mol. The first-order chi connectivity index (χ1) is 18.8. The molecule has 0 bridgehead atoms. The van der Waals surface area contributed by atoms with Gasteiger partial charge in [-0.2, -0.15) is 0 Å². The first-order valence-electron chi connectivity index (χ1n) is 14.6. The predicted molar refractivity (Wildman–Crippen MR) is 157 cm³/mol. The fourth-order valence-corrected chi connectivity index (χ4v) is 3.77. The zero-order valence-corrected chi connectivity index (χ0v) is 26.1. The van der Waals surface area contributed by atoms with Crippen LogP contribution in [0.15, 0.2) is 0 Å². The van der Waals surface area contributed by atoms with Crippen molar-refractivity contribution in [2.24, 2.45) is 0 Å². The van der Waals surface area contributed by atoms with Gasteiger partial charge >= 0.3 is 5.97 Å². The van der Waals surface area contributed by atoms with Crippen molar-refractivity contribution in [3.05, 3.63) is 0 Å². The smallest absolute Gasteiger partial charge is 0.305 e. The highest BCUT2D eigenvalue weighted by Gasteiger charge is 2.02. The van der Waals surface area contributed by atoms with E-state index in [0.717, 1.165) is 25.9 Å². The molecule has 0 amide bonds. The Bertz CT molecular complexity index is 458. The molecule has 0 N–H and O–H groups in total. The van der Waals surface area contributed by atoms with Crippen LogP contribution in [0, 0.1) is 0 Å². The zero-order chi connectivity index (χ0) is 27.6. The molecular weight excluding hydrogens is 607 g/mol. The molecule has 9 nitrogen and oxygen atoms in total. The molecule has 0 aliphatic heterocycles. The Morgan fingerprint density at radius 3 is 1.26 bits per heavy atom. The van der Waals surface area contributed by atoms with Crippen LogP contribution in [0.1, 0.15) is 71.1 Å². The molecule has 0 aromatic heterocycles. The van der Waals surface area contributed by atoms with Gasteiger partial charge in [-0.3, -0.25) is 4.79 Å². The summed E-state index contributed by atoms with van der Waals surface area (Å²) in [6.07, 6.45) is 11.1. The Balaban J connectivity index is 3.08. The molecule has 0 unspecified atom stereocenters. The quantitative estimate of drug-likeness (QED) is 0.0417. The third kappa shape index (κ3) is 33.9. The molecule has 0 aliphatic rings. The van der Waals surface area contributed by atoms with Crippen molar-refractivity contribution in [1.29, 1.82) is 0 Å². The molecule has 0 atom stereocenters. The third-order valence-corrected chi connectivity index (χ3v) is 6.14. The molecule has 38 heavy (non-hydrogen) atoms. The summed E-state index contributed by atoms with van der Waals surface area (Å²) in [6.45, 7) is 10.2. The first kappa shape index (κ1) is 37.9. The molecule has 228 valence electrons. The highest BCUT2D eigenvalue weighted by Crippen LogP contribution is 2.05. The van der Waals surface area contributed by atoms with Gasteiger partial charge in [0.05, 0.1) is 85.9 Å². The van der Waals surface area contributed by atoms with Crippen LogP contribution in [-0.4, -0.2) is 110 Å². The monoisotopic (exact) mass is 662 g/mol. The minimum atomic E-state index is -0.139. The summed E-state index contributed by atoms with van der Waals surface area (Å²) in [5.41, 5.74) is 0. The van der Waals surface area contributed by atoms with Gasteiger partial charge in [0.25, 0.3) is 0 Å². The number of carbonyl (C=O) groups is 1. The Kier molecular flexibility index (Phi) is 34.9. The topological polar surface area (TPSA) is 90.9 Å². The molecule has 0 aromatic rings. The van der Waals surface area contributed by atoms with E-state index in [1.165, 1.54) is 43.0 Å². The second kappa shape index (κ2) is 34.9. The van der Waals surface area contributed by atoms with Crippen LogP contribution in [0.25, 0.3) is 0 Å². The maximum absolute atomic E-state index is 11.6. The van der Waals surface area contributed by atoms with Crippen molar-refractivity contribution in [3.8, 4) is 0 Å². The minimum absolute atomic E-state index is 0.139. The van der Waals surface area contributed by atoms with Gasteiger partial charge in [-0.15, -0.1) is 0 Å². The number of carbonyl (C=O) groups excluding carboxylic acids is 1. The third-order valence-electron chi connectivity index (χ3n) is 5.38. The summed E-state index contributed by atoms with van der Waals surface area (Å²) in [7, 11) is 0. The SMILES string of the molecule is CCCCCCCC(=O)OCCOCCOCCOCCOCCOCCOCCOCCCCCCI. The lowest BCUT2D eigenvalue weighted by molar-refractivity contribution is -0.145. The van der Waals surface area contributed by atoms with Crippen LogP contribution < -0.4 is 0 Å². The minimum Gasteiger partial charge on any atom is -0.463 e. The summed E-state index contributed by atoms with van der Waals surface area (Å²) < 4.78 is 44.7. The Morgan fingerprint density at radius 2 is 0.816 bits per heavy atom. The van der Waals surface area contributed by atoms with Gasteiger partial charge < -0.3 is 37.9 Å². The van der Waals surface area contributed by atoms with Crippen LogP contribution in [0.5, 0.6) is 0 Å². The number of unbranched alkanes of at least 4 members (excludes halogenated alkanes) is 7. The summed E-state index contributed by atoms with van der Waals surface area (Å²) in [5.74, 6) is -0.139. The molecule has 0 saturated heterocycles. The van der Waals surface area contributed by atoms with Crippen molar-refractivity contribution in [2.45, 2.75) is 71.1 Å². The molecule has 0 saturated carbocycles. The van der Waals surface area contributed by atoms with Crippen LogP contribution >= 0.6 is 22.6 Å². The lowest BCUT2D eigenvalue weighted by Gasteiger charge is -2.09. The van der Waals surface area contributed by atoms with E-state index in [0.29, 0.717) is 98.9 Å². The van der Waals surface area contributed by atoms with E-state index in [9.17, 15) is 4.79 Å². The molecule has 0 rings (SSSR count). The fourth-order valence-electron chi connectivity index (χ4n) is 3.23. The average Bonchev–Trinajstić information content (AvgIpc) is 2.92. The number of hydrogen-bond acceptors (Lipinski definition) is 9. The van der Waals surface area contributed by atoms with Crippen molar-refractivity contribution in [1.82, 2.24) is 0 Å². The van der Waals surface area contributed by atoms with Crippen LogP contribution in [0.3, 0.4) is 0 Å². The Morgan fingerprint density at radius 1 is 0.447 bits per heavy atom. The van der Waals surface area contributed by atoms with Gasteiger partial charge in [0.2, 0.25) is 0 Å². The number of hydrogen-bond donors (Lipinski definition) is 0. The van der Waals surface area contributed by atoms with E-state index in [2.05, 4.69) is 29.5 Å². The maximum Gasteiger partial charge on any atom is 0.305 e. The largest absolute Gasteiger partial charge is 0.463 e. The highest BCUT2D eigenvalue weighted by atomic mass is 127. The van der Waals surface area contributed by atoms with Gasteiger partial charge in [0.15, 0.2) is 0 Å². The molecule has 10 heteroatoms. The lowest BCUT2D eigenvalue weighted by atomic mass is 10.1. The van der Waals surface area contributed by atoms with Gasteiger partial charge in [0.1, 0.15) is 6.61 Å². The van der Waals surface area contributed by atoms with Gasteiger partial charge in [0, 0.05) is 13.0 Å². The van der Waals surface area contributed by atoms with Crippen LogP contribution in [-0.2, 0) is 42.7 Å². The lowest BCUT2D eigenvalue weighted by Crippen LogP contribution is -2.15. The number of esters is 1. The number of alkyl halides is 1. The second-order valence-electron chi connectivity index (χ2n) is 8.77. The molecular formula is C28H55IO9. The molecule has 0 aliphatic carbocycles. The number of halogens is 1. The van der Waals surface area contributed by atoms with Crippen molar-refractivity contribution < 1.29 is 42.7 Å². The fraction of sp³-hybridized carbons (Fsp3) is 0.964. The van der Waals surface area contributed by atoms with E-state index >= 15 is 0 Å². The molecule has 0 heterocycles. The predicted octanol–water partition coefficient (Wildman–Crippen LogP) is 5.00. The van der Waals surface area contributed by atoms with E-state index in [-0.39, 0.29) is 5.97 Å². The van der Waals surface area contributed by atoms with E-state index in [1.807, 2.05) is 0 Å². The summed E-state index contributed by atoms with van der Waals surface area (Å²) in [5, 5.41) is 0. The Labute approximate surface area is 245 Å². The molecule has 0 spiro atoms. The van der Waals surface area contributed by atoms with Gasteiger partial charge in [-0.05, 0) is 23.7 Å². The van der Waals surface area contributed by atoms with Crippen molar-refractivity contribution >= 4 is 28.6 Å².